The Morgan fingerprint density at radius 1 is 1.00 bits per heavy atom. The summed E-state index contributed by atoms with van der Waals surface area (Å²) in [5, 5.41) is 1.23. The quantitative estimate of drug-likeness (QED) is 0.440. The van der Waals surface area contributed by atoms with Crippen molar-refractivity contribution in [3.05, 3.63) is 64.8 Å². The molecule has 5 nitrogen and oxygen atoms in total. The van der Waals surface area contributed by atoms with Crippen LogP contribution < -0.4 is 9.47 Å². The first-order chi connectivity index (χ1) is 13.1. The number of esters is 1. The van der Waals surface area contributed by atoms with Crippen molar-refractivity contribution in [2.75, 3.05) is 14.2 Å². The molecular formula is C21H20ClNO4. The minimum Gasteiger partial charge on any atom is -0.497 e. The summed E-state index contributed by atoms with van der Waals surface area (Å²) in [7, 11) is 3.22. The number of carbonyl (C=O) groups is 1. The third-order valence-electron chi connectivity index (χ3n) is 4.22. The Kier molecular flexibility index (Phi) is 6.14. The number of halogens is 1. The van der Waals surface area contributed by atoms with E-state index in [1.165, 1.54) is 0 Å². The fourth-order valence-corrected chi connectivity index (χ4v) is 2.86. The molecule has 0 radical (unpaired) electrons. The number of hydrogen-bond donors (Lipinski definition) is 0. The minimum absolute atomic E-state index is 0.0925. The molecule has 0 saturated carbocycles. The summed E-state index contributed by atoms with van der Waals surface area (Å²) < 4.78 is 15.7. The predicted octanol–water partition coefficient (Wildman–Crippen LogP) is 4.58. The highest BCUT2D eigenvalue weighted by molar-refractivity contribution is 6.30. The first-order valence-electron chi connectivity index (χ1n) is 8.51. The number of benzene rings is 2. The molecule has 27 heavy (non-hydrogen) atoms. The van der Waals surface area contributed by atoms with Crippen LogP contribution in [0.1, 0.15) is 17.5 Å². The summed E-state index contributed by atoms with van der Waals surface area (Å²) in [5.74, 6) is 1.22. The van der Waals surface area contributed by atoms with Crippen LogP contribution in [0.25, 0.3) is 10.9 Å². The predicted molar refractivity (Wildman–Crippen MR) is 104 cm³/mol. The van der Waals surface area contributed by atoms with Gasteiger partial charge in [-0.1, -0.05) is 23.7 Å². The number of hydrogen-bond acceptors (Lipinski definition) is 5. The summed E-state index contributed by atoms with van der Waals surface area (Å²) in [6.45, 7) is 0.0925. The fraction of sp³-hybridized carbons (Fsp3) is 0.238. The summed E-state index contributed by atoms with van der Waals surface area (Å²) >= 11 is 6.23. The molecular weight excluding hydrogens is 366 g/mol. The van der Waals surface area contributed by atoms with Crippen molar-refractivity contribution in [2.24, 2.45) is 0 Å². The Hall–Kier alpha value is -2.79. The van der Waals surface area contributed by atoms with E-state index in [0.29, 0.717) is 29.3 Å². The molecule has 1 aromatic heterocycles. The Balaban J connectivity index is 1.58. The van der Waals surface area contributed by atoms with E-state index in [9.17, 15) is 4.79 Å². The molecule has 0 aliphatic heterocycles. The lowest BCUT2D eigenvalue weighted by Gasteiger charge is -2.09. The van der Waals surface area contributed by atoms with Crippen LogP contribution in [0.2, 0.25) is 5.15 Å². The van der Waals surface area contributed by atoms with Crippen molar-refractivity contribution >= 4 is 28.5 Å². The average Bonchev–Trinajstić information content (AvgIpc) is 2.70. The van der Waals surface area contributed by atoms with Crippen LogP contribution in [0.15, 0.2) is 48.5 Å². The summed E-state index contributed by atoms with van der Waals surface area (Å²) in [6, 6.07) is 15.0. The average molecular weight is 386 g/mol. The van der Waals surface area contributed by atoms with Crippen LogP contribution in [-0.2, 0) is 22.6 Å². The molecule has 1 heterocycles. The third-order valence-corrected chi connectivity index (χ3v) is 4.54. The van der Waals surface area contributed by atoms with Crippen LogP contribution in [0, 0.1) is 0 Å². The summed E-state index contributed by atoms with van der Waals surface area (Å²) in [4.78, 5) is 16.4. The minimum atomic E-state index is -0.281. The van der Waals surface area contributed by atoms with Crippen LogP contribution in [0.3, 0.4) is 0 Å². The Bertz CT molecular complexity index is 941. The number of pyridine rings is 1. The number of rotatable bonds is 7. The van der Waals surface area contributed by atoms with Crippen molar-refractivity contribution in [2.45, 2.75) is 19.4 Å². The molecule has 0 aliphatic rings. The number of fused-ring (bicyclic) bond motifs is 1. The molecule has 0 aliphatic carbocycles. The van der Waals surface area contributed by atoms with E-state index in [1.807, 2.05) is 48.5 Å². The maximum atomic E-state index is 12.0. The van der Waals surface area contributed by atoms with Crippen LogP contribution in [0.4, 0.5) is 0 Å². The third kappa shape index (κ3) is 4.89. The largest absolute Gasteiger partial charge is 0.497 e. The maximum Gasteiger partial charge on any atom is 0.306 e. The van der Waals surface area contributed by atoms with Gasteiger partial charge in [0.15, 0.2) is 0 Å². The number of ether oxygens (including phenoxy) is 3. The van der Waals surface area contributed by atoms with Crippen molar-refractivity contribution in [3.63, 3.8) is 0 Å². The van der Waals surface area contributed by atoms with Gasteiger partial charge in [0.05, 0.1) is 19.7 Å². The number of nitrogens with zero attached hydrogens (tertiary/aromatic N) is 1. The molecule has 0 bridgehead atoms. The zero-order valence-corrected chi connectivity index (χ0v) is 16.0. The van der Waals surface area contributed by atoms with E-state index in [1.54, 1.807) is 14.2 Å². The normalized spacial score (nSPS) is 10.6. The number of aryl methyl sites for hydroxylation is 1. The molecule has 3 aromatic rings. The molecule has 0 saturated heterocycles. The van der Waals surface area contributed by atoms with Gasteiger partial charge in [-0.05, 0) is 42.3 Å². The molecule has 140 valence electrons. The van der Waals surface area contributed by atoms with Gasteiger partial charge in [-0.25, -0.2) is 4.98 Å². The van der Waals surface area contributed by atoms with Crippen LogP contribution in [-0.4, -0.2) is 25.2 Å². The standard InChI is InChI=1S/C21H20ClNO4/c1-25-17-7-3-14(4-8-17)5-10-20(24)27-13-16-11-15-6-9-18(26-2)12-19(15)23-21(16)22/h3-4,6-9,11-12H,5,10,13H2,1-2H3. The fourth-order valence-electron chi connectivity index (χ4n) is 2.66. The highest BCUT2D eigenvalue weighted by Crippen LogP contribution is 2.24. The summed E-state index contributed by atoms with van der Waals surface area (Å²) in [6.07, 6.45) is 0.897. The number of aromatic nitrogens is 1. The van der Waals surface area contributed by atoms with Crippen LogP contribution >= 0.6 is 11.6 Å². The van der Waals surface area contributed by atoms with E-state index in [-0.39, 0.29) is 12.6 Å². The zero-order valence-electron chi connectivity index (χ0n) is 15.2. The molecule has 6 heteroatoms. The maximum absolute atomic E-state index is 12.0. The van der Waals surface area contributed by atoms with Crippen molar-refractivity contribution in [1.82, 2.24) is 4.98 Å². The second-order valence-corrected chi connectivity index (χ2v) is 6.36. The van der Waals surface area contributed by atoms with Gasteiger partial charge < -0.3 is 14.2 Å². The van der Waals surface area contributed by atoms with Gasteiger partial charge >= 0.3 is 5.97 Å². The van der Waals surface area contributed by atoms with Crippen molar-refractivity contribution in [3.8, 4) is 11.5 Å². The molecule has 0 amide bonds. The topological polar surface area (TPSA) is 57.7 Å². The monoisotopic (exact) mass is 385 g/mol. The first kappa shape index (κ1) is 19.0. The lowest BCUT2D eigenvalue weighted by Crippen LogP contribution is -2.06. The second kappa shape index (κ2) is 8.73. The molecule has 0 fully saturated rings. The summed E-state index contributed by atoms with van der Waals surface area (Å²) in [5.41, 5.74) is 2.45. The Morgan fingerprint density at radius 2 is 1.70 bits per heavy atom. The zero-order chi connectivity index (χ0) is 19.2. The Labute approximate surface area is 162 Å². The van der Waals surface area contributed by atoms with Gasteiger partial charge in [-0.2, -0.15) is 0 Å². The van der Waals surface area contributed by atoms with Gasteiger partial charge in [-0.15, -0.1) is 0 Å². The van der Waals surface area contributed by atoms with E-state index >= 15 is 0 Å². The van der Waals surface area contributed by atoms with Gasteiger partial charge in [0.2, 0.25) is 0 Å². The Morgan fingerprint density at radius 3 is 2.41 bits per heavy atom. The highest BCUT2D eigenvalue weighted by atomic mass is 35.5. The van der Waals surface area contributed by atoms with E-state index in [4.69, 9.17) is 25.8 Å². The molecule has 0 N–H and O–H groups in total. The van der Waals surface area contributed by atoms with Gasteiger partial charge in [-0.3, -0.25) is 4.79 Å². The number of carbonyl (C=O) groups excluding carboxylic acids is 1. The van der Waals surface area contributed by atoms with Crippen LogP contribution in [0.5, 0.6) is 11.5 Å². The van der Waals surface area contributed by atoms with E-state index < -0.39 is 0 Å². The molecule has 0 spiro atoms. The highest BCUT2D eigenvalue weighted by Gasteiger charge is 2.10. The van der Waals surface area contributed by atoms with Gasteiger partial charge in [0.25, 0.3) is 0 Å². The molecule has 2 aromatic carbocycles. The van der Waals surface area contributed by atoms with E-state index in [0.717, 1.165) is 22.2 Å². The smallest absolute Gasteiger partial charge is 0.306 e. The second-order valence-electron chi connectivity index (χ2n) is 6.01. The SMILES string of the molecule is COc1ccc(CCC(=O)OCc2cc3ccc(OC)cc3nc2Cl)cc1. The first-order valence-corrected chi connectivity index (χ1v) is 8.88. The lowest BCUT2D eigenvalue weighted by atomic mass is 10.1. The lowest BCUT2D eigenvalue weighted by molar-refractivity contribution is -0.144. The van der Waals surface area contributed by atoms with Gasteiger partial charge in [0, 0.05) is 23.4 Å². The molecule has 0 unspecified atom stereocenters. The van der Waals surface area contributed by atoms with E-state index in [2.05, 4.69) is 4.98 Å². The molecule has 3 rings (SSSR count). The van der Waals surface area contributed by atoms with Gasteiger partial charge in [0.1, 0.15) is 23.3 Å². The molecule has 0 atom stereocenters. The van der Waals surface area contributed by atoms with Crippen molar-refractivity contribution in [1.29, 1.82) is 0 Å². The number of methoxy groups -OCH3 is 2. The van der Waals surface area contributed by atoms with Crippen molar-refractivity contribution < 1.29 is 19.0 Å².